The van der Waals surface area contributed by atoms with E-state index in [0.29, 0.717) is 11.1 Å². The van der Waals surface area contributed by atoms with Crippen molar-refractivity contribution in [1.82, 2.24) is 4.98 Å². The molecule has 0 radical (unpaired) electrons. The van der Waals surface area contributed by atoms with Crippen LogP contribution >= 0.6 is 11.3 Å². The second-order valence-electron chi connectivity index (χ2n) is 3.15. The highest BCUT2D eigenvalue weighted by molar-refractivity contribution is 7.13. The molecule has 88 valence electrons. The molecule has 0 unspecified atom stereocenters. The Bertz CT molecular complexity index is 618. The zero-order chi connectivity index (χ0) is 12.6. The second kappa shape index (κ2) is 4.02. The summed E-state index contributed by atoms with van der Waals surface area (Å²) in [5.74, 6) is -2.06. The summed E-state index contributed by atoms with van der Waals surface area (Å²) in [6.45, 7) is 0. The number of aromatic carboxylic acids is 2. The SMILES string of the molecule is COc1cc(C(=O)O)nc2c(C(=O)O)scc12. The van der Waals surface area contributed by atoms with Gasteiger partial charge < -0.3 is 14.9 Å². The van der Waals surface area contributed by atoms with Crippen LogP contribution in [0.2, 0.25) is 0 Å². The minimum atomic E-state index is -1.23. The zero-order valence-corrected chi connectivity index (χ0v) is 9.45. The monoisotopic (exact) mass is 253 g/mol. The number of hydrogen-bond acceptors (Lipinski definition) is 5. The van der Waals surface area contributed by atoms with E-state index in [2.05, 4.69) is 4.98 Å². The average molecular weight is 253 g/mol. The fourth-order valence-corrected chi connectivity index (χ4v) is 2.25. The maximum Gasteiger partial charge on any atom is 0.354 e. The number of ether oxygens (including phenoxy) is 1. The Morgan fingerprint density at radius 2 is 2.06 bits per heavy atom. The third kappa shape index (κ3) is 1.80. The summed E-state index contributed by atoms with van der Waals surface area (Å²) in [5, 5.41) is 19.9. The summed E-state index contributed by atoms with van der Waals surface area (Å²) >= 11 is 0.986. The lowest BCUT2D eigenvalue weighted by molar-refractivity contribution is 0.0681. The molecule has 2 aromatic heterocycles. The van der Waals surface area contributed by atoms with Crippen LogP contribution in [0.15, 0.2) is 11.4 Å². The molecule has 2 heterocycles. The molecule has 0 aromatic carbocycles. The zero-order valence-electron chi connectivity index (χ0n) is 8.63. The molecule has 0 aliphatic rings. The van der Waals surface area contributed by atoms with E-state index in [0.717, 1.165) is 11.3 Å². The Labute approximate surface area is 99.1 Å². The van der Waals surface area contributed by atoms with Crippen LogP contribution in [0, 0.1) is 0 Å². The van der Waals surface area contributed by atoms with Gasteiger partial charge in [-0.05, 0) is 0 Å². The van der Waals surface area contributed by atoms with Crippen molar-refractivity contribution >= 4 is 34.2 Å². The Kier molecular flexibility index (Phi) is 2.68. The quantitative estimate of drug-likeness (QED) is 0.864. The van der Waals surface area contributed by atoms with Crippen molar-refractivity contribution < 1.29 is 24.5 Å². The van der Waals surface area contributed by atoms with Gasteiger partial charge in [-0.15, -0.1) is 11.3 Å². The summed E-state index contributed by atoms with van der Waals surface area (Å²) in [6, 6.07) is 1.27. The molecule has 6 nitrogen and oxygen atoms in total. The Hall–Kier alpha value is -2.15. The lowest BCUT2D eigenvalue weighted by Gasteiger charge is -2.03. The highest BCUT2D eigenvalue weighted by Crippen LogP contribution is 2.32. The molecule has 17 heavy (non-hydrogen) atoms. The van der Waals surface area contributed by atoms with Crippen LogP contribution in [-0.2, 0) is 0 Å². The molecule has 2 rings (SSSR count). The Balaban J connectivity index is 2.81. The van der Waals surface area contributed by atoms with E-state index >= 15 is 0 Å². The Morgan fingerprint density at radius 1 is 1.35 bits per heavy atom. The van der Waals surface area contributed by atoms with Crippen molar-refractivity contribution in [2.45, 2.75) is 0 Å². The molecule has 0 amide bonds. The third-order valence-electron chi connectivity index (χ3n) is 2.16. The summed E-state index contributed by atoms with van der Waals surface area (Å²) in [4.78, 5) is 25.6. The number of rotatable bonds is 3. The average Bonchev–Trinajstić information content (AvgIpc) is 2.70. The lowest BCUT2D eigenvalue weighted by atomic mass is 10.2. The van der Waals surface area contributed by atoms with Crippen molar-refractivity contribution in [2.75, 3.05) is 7.11 Å². The van der Waals surface area contributed by atoms with Crippen LogP contribution in [0.3, 0.4) is 0 Å². The van der Waals surface area contributed by atoms with Gasteiger partial charge in [0.15, 0.2) is 5.69 Å². The van der Waals surface area contributed by atoms with Crippen molar-refractivity contribution in [3.8, 4) is 5.75 Å². The topological polar surface area (TPSA) is 96.7 Å². The van der Waals surface area contributed by atoms with Crippen LogP contribution < -0.4 is 4.74 Å². The van der Waals surface area contributed by atoms with Gasteiger partial charge in [-0.3, -0.25) is 0 Å². The number of hydrogen-bond donors (Lipinski definition) is 2. The number of fused-ring (bicyclic) bond motifs is 1. The third-order valence-corrected chi connectivity index (χ3v) is 3.12. The number of aromatic nitrogens is 1. The lowest BCUT2D eigenvalue weighted by Crippen LogP contribution is -2.03. The summed E-state index contributed by atoms with van der Waals surface area (Å²) in [5.41, 5.74) is -0.102. The Morgan fingerprint density at radius 3 is 2.59 bits per heavy atom. The first kappa shape index (κ1) is 11.3. The van der Waals surface area contributed by atoms with Gasteiger partial charge in [-0.1, -0.05) is 0 Å². The van der Waals surface area contributed by atoms with Gasteiger partial charge in [-0.2, -0.15) is 0 Å². The largest absolute Gasteiger partial charge is 0.496 e. The predicted octanol–water partition coefficient (Wildman–Crippen LogP) is 1.70. The van der Waals surface area contributed by atoms with Gasteiger partial charge in [0.25, 0.3) is 0 Å². The fourth-order valence-electron chi connectivity index (χ4n) is 1.42. The molecule has 0 aliphatic heterocycles. The number of methoxy groups -OCH3 is 1. The first-order valence-corrected chi connectivity index (χ1v) is 5.35. The second-order valence-corrected chi connectivity index (χ2v) is 4.03. The summed E-state index contributed by atoms with van der Waals surface area (Å²) in [6.07, 6.45) is 0. The van der Waals surface area contributed by atoms with Gasteiger partial charge in [0.05, 0.1) is 12.5 Å². The minimum Gasteiger partial charge on any atom is -0.496 e. The van der Waals surface area contributed by atoms with E-state index in [-0.39, 0.29) is 16.1 Å². The van der Waals surface area contributed by atoms with E-state index in [1.54, 1.807) is 5.38 Å². The van der Waals surface area contributed by atoms with Crippen LogP contribution in [0.5, 0.6) is 5.75 Å². The molecular formula is C10H7NO5S. The molecule has 0 fully saturated rings. The van der Waals surface area contributed by atoms with Gasteiger partial charge in [0, 0.05) is 11.4 Å². The van der Waals surface area contributed by atoms with Crippen LogP contribution in [0.25, 0.3) is 10.9 Å². The normalized spacial score (nSPS) is 10.4. The summed E-state index contributed by atoms with van der Waals surface area (Å²) < 4.78 is 5.02. The first-order chi connectivity index (χ1) is 8.04. The maximum atomic E-state index is 10.9. The van der Waals surface area contributed by atoms with Crippen LogP contribution in [-0.4, -0.2) is 34.2 Å². The minimum absolute atomic E-state index is 0.00130. The fraction of sp³-hybridized carbons (Fsp3) is 0.100. The molecule has 2 N–H and O–H groups in total. The van der Waals surface area contributed by atoms with Crippen LogP contribution in [0.1, 0.15) is 20.2 Å². The number of carbonyl (C=O) groups is 2. The van der Waals surface area contributed by atoms with Gasteiger partial charge >= 0.3 is 11.9 Å². The van der Waals surface area contributed by atoms with Gasteiger partial charge in [0.2, 0.25) is 0 Å². The molecule has 2 aromatic rings. The molecule has 0 saturated carbocycles. The predicted molar refractivity (Wildman–Crippen MR) is 60.1 cm³/mol. The molecule has 0 atom stereocenters. The van der Waals surface area contributed by atoms with E-state index in [1.807, 2.05) is 0 Å². The highest BCUT2D eigenvalue weighted by Gasteiger charge is 2.18. The van der Waals surface area contributed by atoms with E-state index in [9.17, 15) is 9.59 Å². The van der Waals surface area contributed by atoms with Crippen molar-refractivity contribution in [3.63, 3.8) is 0 Å². The molecule has 0 spiro atoms. The van der Waals surface area contributed by atoms with E-state index in [1.165, 1.54) is 13.2 Å². The van der Waals surface area contributed by atoms with Gasteiger partial charge in [0.1, 0.15) is 16.1 Å². The molecular weight excluding hydrogens is 246 g/mol. The van der Waals surface area contributed by atoms with Crippen molar-refractivity contribution in [3.05, 3.63) is 22.0 Å². The highest BCUT2D eigenvalue weighted by atomic mass is 32.1. The number of pyridine rings is 1. The first-order valence-electron chi connectivity index (χ1n) is 4.47. The number of carboxylic acid groups (broad SMARTS) is 2. The van der Waals surface area contributed by atoms with Crippen molar-refractivity contribution in [1.29, 1.82) is 0 Å². The van der Waals surface area contributed by atoms with E-state index in [4.69, 9.17) is 14.9 Å². The standard InChI is InChI=1S/C10H7NO5S/c1-16-6-2-5(9(12)13)11-7-4(6)3-17-8(7)10(14)15/h2-3H,1H3,(H,12,13)(H,14,15). The number of thiophene rings is 1. The summed E-state index contributed by atoms with van der Waals surface area (Å²) in [7, 11) is 1.39. The van der Waals surface area contributed by atoms with Crippen molar-refractivity contribution in [2.24, 2.45) is 0 Å². The van der Waals surface area contributed by atoms with Gasteiger partial charge in [-0.25, -0.2) is 14.6 Å². The molecule has 0 aliphatic carbocycles. The molecule has 7 heteroatoms. The van der Waals surface area contributed by atoms with Crippen LogP contribution in [0.4, 0.5) is 0 Å². The number of nitrogens with zero attached hydrogens (tertiary/aromatic N) is 1. The smallest absolute Gasteiger partial charge is 0.354 e. The number of carboxylic acids is 2. The van der Waals surface area contributed by atoms with E-state index < -0.39 is 11.9 Å². The molecule has 0 bridgehead atoms. The maximum absolute atomic E-state index is 10.9. The molecule has 0 saturated heterocycles.